The molecule has 150 valence electrons. The molecule has 0 aliphatic heterocycles. The van der Waals surface area contributed by atoms with Crippen molar-refractivity contribution in [3.8, 4) is 11.5 Å². The van der Waals surface area contributed by atoms with Gasteiger partial charge < -0.3 is 19.7 Å². The van der Waals surface area contributed by atoms with E-state index >= 15 is 0 Å². The molecule has 0 fully saturated rings. The van der Waals surface area contributed by atoms with Crippen LogP contribution in [0, 0.1) is 6.92 Å². The molecular weight excluding hydrogens is 388 g/mol. The largest absolute Gasteiger partial charge is 0.493 e. The SMILES string of the molecule is COc1cc(C)c(NC(=O)c2ccccc2N(C)C(=O)c2cccs2)cc1OC. The zero-order valence-electron chi connectivity index (χ0n) is 16.7. The van der Waals surface area contributed by atoms with Crippen molar-refractivity contribution >= 4 is 34.5 Å². The van der Waals surface area contributed by atoms with Gasteiger partial charge in [0, 0.05) is 18.8 Å². The molecule has 0 aliphatic rings. The van der Waals surface area contributed by atoms with Gasteiger partial charge in [0.05, 0.1) is 30.3 Å². The molecular formula is C22H22N2O4S. The van der Waals surface area contributed by atoms with Crippen molar-refractivity contribution in [1.82, 2.24) is 0 Å². The van der Waals surface area contributed by atoms with Crippen molar-refractivity contribution in [2.24, 2.45) is 0 Å². The fraction of sp³-hybridized carbons (Fsp3) is 0.182. The third-order valence-electron chi connectivity index (χ3n) is 4.53. The van der Waals surface area contributed by atoms with Gasteiger partial charge in [0.1, 0.15) is 0 Å². The number of rotatable bonds is 6. The summed E-state index contributed by atoms with van der Waals surface area (Å²) in [6, 6.07) is 14.1. The fourth-order valence-electron chi connectivity index (χ4n) is 2.94. The topological polar surface area (TPSA) is 67.9 Å². The first-order valence-electron chi connectivity index (χ1n) is 8.90. The Morgan fingerprint density at radius 2 is 1.69 bits per heavy atom. The minimum absolute atomic E-state index is 0.164. The highest BCUT2D eigenvalue weighted by molar-refractivity contribution is 7.12. The molecule has 0 spiro atoms. The van der Waals surface area contributed by atoms with Crippen LogP contribution in [0.5, 0.6) is 11.5 Å². The molecule has 0 saturated heterocycles. The molecule has 1 N–H and O–H groups in total. The summed E-state index contributed by atoms with van der Waals surface area (Å²) in [7, 11) is 4.77. The van der Waals surface area contributed by atoms with Crippen LogP contribution in [0.25, 0.3) is 0 Å². The summed E-state index contributed by atoms with van der Waals surface area (Å²) < 4.78 is 10.6. The number of carbonyl (C=O) groups excluding carboxylic acids is 2. The molecule has 29 heavy (non-hydrogen) atoms. The van der Waals surface area contributed by atoms with Crippen molar-refractivity contribution in [2.75, 3.05) is 31.5 Å². The molecule has 1 aromatic heterocycles. The Kier molecular flexibility index (Phi) is 6.19. The summed E-state index contributed by atoms with van der Waals surface area (Å²) >= 11 is 1.36. The number of hydrogen-bond donors (Lipinski definition) is 1. The van der Waals surface area contributed by atoms with Crippen LogP contribution in [0.3, 0.4) is 0 Å². The maximum Gasteiger partial charge on any atom is 0.268 e. The average molecular weight is 410 g/mol. The van der Waals surface area contributed by atoms with E-state index in [9.17, 15) is 9.59 Å². The number of nitrogens with one attached hydrogen (secondary N) is 1. The van der Waals surface area contributed by atoms with Gasteiger partial charge in [-0.1, -0.05) is 18.2 Å². The van der Waals surface area contributed by atoms with Crippen LogP contribution in [0.15, 0.2) is 53.9 Å². The third-order valence-corrected chi connectivity index (χ3v) is 5.38. The number of thiophene rings is 1. The van der Waals surface area contributed by atoms with Crippen LogP contribution in [0.4, 0.5) is 11.4 Å². The van der Waals surface area contributed by atoms with Gasteiger partial charge in [-0.3, -0.25) is 9.59 Å². The van der Waals surface area contributed by atoms with Gasteiger partial charge in [-0.2, -0.15) is 0 Å². The van der Waals surface area contributed by atoms with Gasteiger partial charge >= 0.3 is 0 Å². The predicted molar refractivity (Wildman–Crippen MR) is 116 cm³/mol. The van der Waals surface area contributed by atoms with Gasteiger partial charge in [-0.25, -0.2) is 0 Å². The number of para-hydroxylation sites is 1. The van der Waals surface area contributed by atoms with Crippen LogP contribution in [0.2, 0.25) is 0 Å². The summed E-state index contributed by atoms with van der Waals surface area (Å²) in [6.07, 6.45) is 0. The zero-order valence-corrected chi connectivity index (χ0v) is 17.5. The number of hydrogen-bond acceptors (Lipinski definition) is 5. The minimum Gasteiger partial charge on any atom is -0.493 e. The summed E-state index contributed by atoms with van der Waals surface area (Å²) in [5.74, 6) is 0.626. The predicted octanol–water partition coefficient (Wildman–Crippen LogP) is 4.60. The highest BCUT2D eigenvalue weighted by Gasteiger charge is 2.21. The van der Waals surface area contributed by atoms with Gasteiger partial charge in [0.25, 0.3) is 11.8 Å². The molecule has 0 bridgehead atoms. The number of amides is 2. The van der Waals surface area contributed by atoms with Crippen molar-refractivity contribution in [2.45, 2.75) is 6.92 Å². The van der Waals surface area contributed by atoms with Gasteiger partial charge in [-0.15, -0.1) is 11.3 Å². The average Bonchev–Trinajstić information content (AvgIpc) is 3.28. The molecule has 7 heteroatoms. The number of anilines is 2. The number of aryl methyl sites for hydroxylation is 1. The normalized spacial score (nSPS) is 10.3. The van der Waals surface area contributed by atoms with Crippen molar-refractivity contribution in [1.29, 1.82) is 0 Å². The van der Waals surface area contributed by atoms with E-state index in [1.54, 1.807) is 63.7 Å². The van der Waals surface area contributed by atoms with Crippen molar-refractivity contribution in [3.05, 3.63) is 69.9 Å². The lowest BCUT2D eigenvalue weighted by molar-refractivity contribution is 0.0996. The standard InChI is InChI=1S/C22H22N2O4S/c1-14-12-18(27-3)19(28-4)13-16(14)23-21(25)15-8-5-6-9-17(15)24(2)22(26)20-10-7-11-29-20/h5-13H,1-4H3,(H,23,25). The van der Waals surface area contributed by atoms with Gasteiger partial charge in [-0.05, 0) is 42.1 Å². The minimum atomic E-state index is -0.318. The van der Waals surface area contributed by atoms with Crippen LogP contribution < -0.4 is 19.7 Å². The molecule has 3 aromatic rings. The summed E-state index contributed by atoms with van der Waals surface area (Å²) in [5.41, 5.74) is 2.36. The highest BCUT2D eigenvalue weighted by atomic mass is 32.1. The Morgan fingerprint density at radius 1 is 1.00 bits per heavy atom. The van der Waals surface area contributed by atoms with E-state index in [0.29, 0.717) is 33.3 Å². The van der Waals surface area contributed by atoms with Crippen LogP contribution in [0.1, 0.15) is 25.6 Å². The molecule has 0 saturated carbocycles. The fourth-order valence-corrected chi connectivity index (χ4v) is 3.64. The van der Waals surface area contributed by atoms with Crippen molar-refractivity contribution in [3.63, 3.8) is 0 Å². The van der Waals surface area contributed by atoms with E-state index in [1.807, 2.05) is 18.4 Å². The van der Waals surface area contributed by atoms with Crippen LogP contribution in [-0.2, 0) is 0 Å². The Labute approximate surface area is 173 Å². The summed E-state index contributed by atoms with van der Waals surface area (Å²) in [5, 5.41) is 4.76. The lowest BCUT2D eigenvalue weighted by Gasteiger charge is -2.20. The Bertz CT molecular complexity index is 1030. The molecule has 3 rings (SSSR count). The maximum absolute atomic E-state index is 13.0. The quantitative estimate of drug-likeness (QED) is 0.645. The maximum atomic E-state index is 13.0. The summed E-state index contributed by atoms with van der Waals surface area (Å²) in [4.78, 5) is 27.9. The van der Waals surface area contributed by atoms with E-state index in [4.69, 9.17) is 9.47 Å². The zero-order chi connectivity index (χ0) is 21.0. The second kappa shape index (κ2) is 8.79. The second-order valence-electron chi connectivity index (χ2n) is 6.33. The summed E-state index contributed by atoms with van der Waals surface area (Å²) in [6.45, 7) is 1.87. The first-order chi connectivity index (χ1) is 14.0. The number of ether oxygens (including phenoxy) is 2. The first kappa shape index (κ1) is 20.4. The van der Waals surface area contributed by atoms with E-state index in [1.165, 1.54) is 16.2 Å². The molecule has 1 heterocycles. The number of methoxy groups -OCH3 is 2. The molecule has 0 atom stereocenters. The highest BCUT2D eigenvalue weighted by Crippen LogP contribution is 2.33. The third kappa shape index (κ3) is 4.25. The number of carbonyl (C=O) groups is 2. The first-order valence-corrected chi connectivity index (χ1v) is 9.78. The molecule has 0 radical (unpaired) electrons. The van der Waals surface area contributed by atoms with Crippen molar-refractivity contribution < 1.29 is 19.1 Å². The smallest absolute Gasteiger partial charge is 0.268 e. The Hall–Kier alpha value is -3.32. The monoisotopic (exact) mass is 410 g/mol. The molecule has 0 unspecified atom stereocenters. The van der Waals surface area contributed by atoms with E-state index in [2.05, 4.69) is 5.32 Å². The Balaban J connectivity index is 1.90. The number of benzene rings is 2. The van der Waals surface area contributed by atoms with E-state index in [0.717, 1.165) is 5.56 Å². The van der Waals surface area contributed by atoms with E-state index in [-0.39, 0.29) is 11.8 Å². The molecule has 6 nitrogen and oxygen atoms in total. The number of nitrogens with zero attached hydrogens (tertiary/aromatic N) is 1. The van der Waals surface area contributed by atoms with Crippen LogP contribution >= 0.6 is 11.3 Å². The molecule has 2 aromatic carbocycles. The van der Waals surface area contributed by atoms with Crippen LogP contribution in [-0.4, -0.2) is 33.1 Å². The van der Waals surface area contributed by atoms with E-state index < -0.39 is 0 Å². The lowest BCUT2D eigenvalue weighted by atomic mass is 10.1. The Morgan fingerprint density at radius 3 is 2.34 bits per heavy atom. The lowest BCUT2D eigenvalue weighted by Crippen LogP contribution is -2.28. The molecule has 2 amide bonds. The molecule has 0 aliphatic carbocycles. The van der Waals surface area contributed by atoms with Gasteiger partial charge in [0.15, 0.2) is 11.5 Å². The van der Waals surface area contributed by atoms with Gasteiger partial charge in [0.2, 0.25) is 0 Å². The second-order valence-corrected chi connectivity index (χ2v) is 7.28.